The standard InChI is InChI=1S/C13H10O.C7H8O3S/c14-13-11-7-3-1-5-9(11)10-6-2-4-8-12(10)13;1-6-2-4-7(5-3-6)11(8,9)10/h1-8,13-14H;2-5H,1H3,(H,8,9,10). The molecule has 0 aromatic heterocycles. The van der Waals surface area contributed by atoms with E-state index < -0.39 is 16.2 Å². The summed E-state index contributed by atoms with van der Waals surface area (Å²) in [5.41, 5.74) is 5.33. The molecule has 3 aromatic rings. The van der Waals surface area contributed by atoms with E-state index in [2.05, 4.69) is 12.1 Å². The predicted molar refractivity (Wildman–Crippen MR) is 96.9 cm³/mol. The molecule has 0 radical (unpaired) electrons. The number of aliphatic hydroxyl groups is 1. The maximum Gasteiger partial charge on any atom is 0.294 e. The molecule has 0 fully saturated rings. The SMILES string of the molecule is Cc1ccc(S(=O)(=O)O)cc1.OC1c2ccccc2-c2ccccc21. The molecule has 0 bridgehead atoms. The van der Waals surface area contributed by atoms with E-state index >= 15 is 0 Å². The Morgan fingerprint density at radius 3 is 1.64 bits per heavy atom. The molecular formula is C20H18O4S. The molecule has 0 saturated heterocycles. The van der Waals surface area contributed by atoms with Crippen LogP contribution >= 0.6 is 0 Å². The first-order valence-electron chi connectivity index (χ1n) is 7.78. The van der Waals surface area contributed by atoms with Gasteiger partial charge in [-0.2, -0.15) is 8.42 Å². The maximum atomic E-state index is 10.5. The third-order valence-electron chi connectivity index (χ3n) is 4.12. The van der Waals surface area contributed by atoms with Gasteiger partial charge in [0.2, 0.25) is 0 Å². The first-order chi connectivity index (χ1) is 11.9. The molecule has 25 heavy (non-hydrogen) atoms. The topological polar surface area (TPSA) is 74.6 Å². The summed E-state index contributed by atoms with van der Waals surface area (Å²) in [6, 6.07) is 22.0. The van der Waals surface area contributed by atoms with Gasteiger partial charge in [-0.1, -0.05) is 66.2 Å². The van der Waals surface area contributed by atoms with Crippen LogP contribution in [0.15, 0.2) is 77.7 Å². The van der Waals surface area contributed by atoms with Crippen LogP contribution in [0, 0.1) is 6.92 Å². The van der Waals surface area contributed by atoms with E-state index in [4.69, 9.17) is 4.55 Å². The van der Waals surface area contributed by atoms with Gasteiger partial charge in [0.05, 0.1) is 4.90 Å². The molecule has 128 valence electrons. The average Bonchev–Trinajstić information content (AvgIpc) is 2.89. The molecule has 5 heteroatoms. The molecule has 0 unspecified atom stereocenters. The summed E-state index contributed by atoms with van der Waals surface area (Å²) >= 11 is 0. The Kier molecular flexibility index (Phi) is 4.72. The molecule has 3 aromatic carbocycles. The molecule has 0 spiro atoms. The van der Waals surface area contributed by atoms with Crippen molar-refractivity contribution in [2.75, 3.05) is 0 Å². The Hall–Kier alpha value is -2.47. The van der Waals surface area contributed by atoms with E-state index in [9.17, 15) is 13.5 Å². The fourth-order valence-corrected chi connectivity index (χ4v) is 3.32. The largest absolute Gasteiger partial charge is 0.384 e. The van der Waals surface area contributed by atoms with Crippen LogP contribution in [0.25, 0.3) is 11.1 Å². The van der Waals surface area contributed by atoms with Crippen molar-refractivity contribution in [1.29, 1.82) is 0 Å². The third kappa shape index (κ3) is 3.64. The van der Waals surface area contributed by atoms with Gasteiger partial charge >= 0.3 is 0 Å². The lowest BCUT2D eigenvalue weighted by atomic mass is 10.1. The number of hydrogen-bond acceptors (Lipinski definition) is 3. The second-order valence-electron chi connectivity index (χ2n) is 5.87. The smallest absolute Gasteiger partial charge is 0.294 e. The van der Waals surface area contributed by atoms with Crippen LogP contribution in [0.3, 0.4) is 0 Å². The Morgan fingerprint density at radius 1 is 0.760 bits per heavy atom. The zero-order chi connectivity index (χ0) is 18.0. The predicted octanol–water partition coefficient (Wildman–Crippen LogP) is 3.99. The molecule has 0 atom stereocenters. The van der Waals surface area contributed by atoms with Gasteiger partial charge in [0.25, 0.3) is 10.1 Å². The lowest BCUT2D eigenvalue weighted by Gasteiger charge is -2.03. The Morgan fingerprint density at radius 2 is 1.20 bits per heavy atom. The Labute approximate surface area is 147 Å². The monoisotopic (exact) mass is 354 g/mol. The Balaban J connectivity index is 0.000000151. The van der Waals surface area contributed by atoms with Gasteiger partial charge in [-0.05, 0) is 41.3 Å². The molecule has 4 rings (SSSR count). The van der Waals surface area contributed by atoms with Gasteiger partial charge in [0.15, 0.2) is 0 Å². The quantitative estimate of drug-likeness (QED) is 0.648. The summed E-state index contributed by atoms with van der Waals surface area (Å²) in [6.45, 7) is 1.84. The van der Waals surface area contributed by atoms with Crippen LogP contribution in [0.1, 0.15) is 22.8 Å². The van der Waals surface area contributed by atoms with Crippen molar-refractivity contribution in [1.82, 2.24) is 0 Å². The van der Waals surface area contributed by atoms with Gasteiger partial charge in [0.1, 0.15) is 6.10 Å². The number of rotatable bonds is 1. The molecule has 1 aliphatic carbocycles. The van der Waals surface area contributed by atoms with E-state index in [0.717, 1.165) is 27.8 Å². The maximum absolute atomic E-state index is 10.5. The van der Waals surface area contributed by atoms with Gasteiger partial charge in [-0.15, -0.1) is 0 Å². The summed E-state index contributed by atoms with van der Waals surface area (Å²) in [5.74, 6) is 0. The van der Waals surface area contributed by atoms with Crippen molar-refractivity contribution in [3.05, 3.63) is 89.5 Å². The van der Waals surface area contributed by atoms with Crippen molar-refractivity contribution in [2.45, 2.75) is 17.9 Å². The van der Waals surface area contributed by atoms with Gasteiger partial charge in [-0.25, -0.2) is 0 Å². The van der Waals surface area contributed by atoms with Crippen LogP contribution in [-0.2, 0) is 10.1 Å². The van der Waals surface area contributed by atoms with Crippen LogP contribution < -0.4 is 0 Å². The minimum atomic E-state index is -4.02. The first-order valence-corrected chi connectivity index (χ1v) is 9.22. The minimum absolute atomic E-state index is 0.0666. The Bertz CT molecular complexity index is 947. The number of fused-ring (bicyclic) bond motifs is 3. The molecule has 1 aliphatic rings. The van der Waals surface area contributed by atoms with Crippen LogP contribution in [0.4, 0.5) is 0 Å². The molecule has 2 N–H and O–H groups in total. The lowest BCUT2D eigenvalue weighted by Crippen LogP contribution is -1.96. The van der Waals surface area contributed by atoms with Crippen LogP contribution in [-0.4, -0.2) is 18.1 Å². The van der Waals surface area contributed by atoms with E-state index in [-0.39, 0.29) is 4.90 Å². The highest BCUT2D eigenvalue weighted by Crippen LogP contribution is 2.42. The van der Waals surface area contributed by atoms with Crippen LogP contribution in [0.5, 0.6) is 0 Å². The molecule has 0 saturated carbocycles. The third-order valence-corrected chi connectivity index (χ3v) is 4.99. The highest BCUT2D eigenvalue weighted by atomic mass is 32.2. The zero-order valence-corrected chi connectivity index (χ0v) is 14.4. The summed E-state index contributed by atoms with van der Waals surface area (Å²) in [6.07, 6.45) is -0.442. The first kappa shape index (κ1) is 17.4. The number of aliphatic hydroxyl groups excluding tert-OH is 1. The summed E-state index contributed by atoms with van der Waals surface area (Å²) in [7, 11) is -4.02. The highest BCUT2D eigenvalue weighted by molar-refractivity contribution is 7.85. The van der Waals surface area contributed by atoms with E-state index in [1.807, 2.05) is 43.3 Å². The van der Waals surface area contributed by atoms with E-state index in [0.29, 0.717) is 0 Å². The number of aryl methyl sites for hydroxylation is 1. The minimum Gasteiger partial charge on any atom is -0.384 e. The normalized spacial score (nSPS) is 12.8. The van der Waals surface area contributed by atoms with E-state index in [1.54, 1.807) is 12.1 Å². The van der Waals surface area contributed by atoms with Crippen molar-refractivity contribution in [3.63, 3.8) is 0 Å². The number of hydrogen-bond donors (Lipinski definition) is 2. The fraction of sp³-hybridized carbons (Fsp3) is 0.100. The molecular weight excluding hydrogens is 336 g/mol. The van der Waals surface area contributed by atoms with Gasteiger partial charge < -0.3 is 5.11 Å². The second kappa shape index (κ2) is 6.80. The van der Waals surface area contributed by atoms with Gasteiger partial charge in [-0.3, -0.25) is 4.55 Å². The van der Waals surface area contributed by atoms with Crippen LogP contribution in [0.2, 0.25) is 0 Å². The summed E-state index contributed by atoms with van der Waals surface area (Å²) in [4.78, 5) is -0.0666. The van der Waals surface area contributed by atoms with Gasteiger partial charge in [0, 0.05) is 0 Å². The second-order valence-corrected chi connectivity index (χ2v) is 7.29. The fourth-order valence-electron chi connectivity index (χ4n) is 2.84. The van der Waals surface area contributed by atoms with Crippen molar-refractivity contribution in [3.8, 4) is 11.1 Å². The average molecular weight is 354 g/mol. The van der Waals surface area contributed by atoms with Crippen molar-refractivity contribution < 1.29 is 18.1 Å². The zero-order valence-electron chi connectivity index (χ0n) is 13.6. The molecule has 0 heterocycles. The van der Waals surface area contributed by atoms with Crippen molar-refractivity contribution in [2.24, 2.45) is 0 Å². The molecule has 0 amide bonds. The highest BCUT2D eigenvalue weighted by Gasteiger charge is 2.25. The summed E-state index contributed by atoms with van der Waals surface area (Å²) < 4.78 is 29.6. The summed E-state index contributed by atoms with van der Waals surface area (Å²) in [5, 5.41) is 10.0. The molecule has 0 aliphatic heterocycles. The number of benzene rings is 3. The van der Waals surface area contributed by atoms with E-state index in [1.165, 1.54) is 12.1 Å². The van der Waals surface area contributed by atoms with Crippen molar-refractivity contribution >= 4 is 10.1 Å². The molecule has 4 nitrogen and oxygen atoms in total. The lowest BCUT2D eigenvalue weighted by molar-refractivity contribution is 0.225.